The Hall–Kier alpha value is -1.80. The summed E-state index contributed by atoms with van der Waals surface area (Å²) in [6.07, 6.45) is 5.74. The largest absolute Gasteiger partial charge is 0.326 e. The average molecular weight is 367 g/mol. The Kier molecular flexibility index (Phi) is 6.06. The van der Waals surface area contributed by atoms with Gasteiger partial charge in [0.25, 0.3) is 0 Å². The number of aromatic nitrogens is 2. The molecule has 8 heteroatoms. The van der Waals surface area contributed by atoms with E-state index in [1.807, 2.05) is 17.7 Å². The molecular weight excluding hydrogens is 346 g/mol. The van der Waals surface area contributed by atoms with E-state index in [-0.39, 0.29) is 11.0 Å². The number of rotatable bonds is 8. The van der Waals surface area contributed by atoms with Crippen LogP contribution in [0.5, 0.6) is 0 Å². The van der Waals surface area contributed by atoms with Gasteiger partial charge >= 0.3 is 0 Å². The van der Waals surface area contributed by atoms with Crippen LogP contribution in [0.15, 0.2) is 41.8 Å². The highest BCUT2D eigenvalue weighted by atomic mass is 32.2. The number of hydrogen-bond donors (Lipinski definition) is 1. The number of thioether (sulfide) groups is 1. The molecule has 130 valence electrons. The smallest absolute Gasteiger partial charge is 0.229 e. The molecule has 1 heterocycles. The number of aryl methyl sites for hydroxylation is 1. The van der Waals surface area contributed by atoms with E-state index in [9.17, 15) is 13.2 Å². The van der Waals surface area contributed by atoms with Crippen molar-refractivity contribution in [3.05, 3.63) is 42.2 Å². The topological polar surface area (TPSA) is 81.1 Å². The maximum atomic E-state index is 12.5. The van der Waals surface area contributed by atoms with Crippen LogP contribution in [0.3, 0.4) is 0 Å². The van der Waals surface area contributed by atoms with Crippen molar-refractivity contribution in [3.63, 3.8) is 0 Å². The summed E-state index contributed by atoms with van der Waals surface area (Å²) < 4.78 is 26.8. The molecular formula is C16H21N3O3S2. The zero-order valence-electron chi connectivity index (χ0n) is 13.9. The molecule has 2 rings (SSSR count). The number of anilines is 1. The normalized spacial score (nSPS) is 12.8. The quantitative estimate of drug-likeness (QED) is 0.573. The van der Waals surface area contributed by atoms with E-state index >= 15 is 0 Å². The number of imidazole rings is 1. The molecule has 0 aliphatic heterocycles. The monoisotopic (exact) mass is 367 g/mol. The molecule has 0 saturated heterocycles. The SMILES string of the molecule is CCCn1ccnc1SC(C)C(=O)c1ccc(NS(C)(=O)=O)cc1. The third-order valence-corrected chi connectivity index (χ3v) is 4.99. The van der Waals surface area contributed by atoms with Gasteiger partial charge in [0.1, 0.15) is 0 Å². The highest BCUT2D eigenvalue weighted by Crippen LogP contribution is 2.25. The maximum Gasteiger partial charge on any atom is 0.229 e. The van der Waals surface area contributed by atoms with Crippen molar-refractivity contribution in [1.82, 2.24) is 9.55 Å². The molecule has 0 saturated carbocycles. The Balaban J connectivity index is 2.06. The summed E-state index contributed by atoms with van der Waals surface area (Å²) in [6, 6.07) is 6.43. The van der Waals surface area contributed by atoms with Crippen LogP contribution in [0.1, 0.15) is 30.6 Å². The van der Waals surface area contributed by atoms with Crippen LogP contribution in [0.25, 0.3) is 0 Å². The van der Waals surface area contributed by atoms with Crippen LogP contribution in [-0.4, -0.2) is 35.3 Å². The summed E-state index contributed by atoms with van der Waals surface area (Å²) >= 11 is 1.42. The molecule has 0 aliphatic carbocycles. The fraction of sp³-hybridized carbons (Fsp3) is 0.375. The zero-order chi connectivity index (χ0) is 17.7. The summed E-state index contributed by atoms with van der Waals surface area (Å²) in [5.41, 5.74) is 0.982. The van der Waals surface area contributed by atoms with Gasteiger partial charge in [-0.15, -0.1) is 0 Å². The number of hydrogen-bond acceptors (Lipinski definition) is 5. The molecule has 1 N–H and O–H groups in total. The van der Waals surface area contributed by atoms with Gasteiger partial charge in [0.2, 0.25) is 10.0 Å². The highest BCUT2D eigenvalue weighted by molar-refractivity contribution is 8.00. The number of sulfonamides is 1. The first-order valence-corrected chi connectivity index (χ1v) is 10.4. The second-order valence-electron chi connectivity index (χ2n) is 5.48. The first-order chi connectivity index (χ1) is 11.3. The van der Waals surface area contributed by atoms with Crippen molar-refractivity contribution in [1.29, 1.82) is 0 Å². The third-order valence-electron chi connectivity index (χ3n) is 3.27. The van der Waals surface area contributed by atoms with E-state index in [0.29, 0.717) is 11.3 Å². The lowest BCUT2D eigenvalue weighted by molar-refractivity contribution is 0.0994. The van der Waals surface area contributed by atoms with Crippen molar-refractivity contribution < 1.29 is 13.2 Å². The first-order valence-electron chi connectivity index (χ1n) is 7.60. The lowest BCUT2D eigenvalue weighted by Gasteiger charge is -2.12. The minimum atomic E-state index is -3.32. The Morgan fingerprint density at radius 1 is 1.33 bits per heavy atom. The number of carbonyl (C=O) groups excluding carboxylic acids is 1. The van der Waals surface area contributed by atoms with Gasteiger partial charge in [-0.1, -0.05) is 18.7 Å². The summed E-state index contributed by atoms with van der Waals surface area (Å²) in [7, 11) is -3.32. The molecule has 1 atom stereocenters. The second kappa shape index (κ2) is 7.85. The van der Waals surface area contributed by atoms with Crippen molar-refractivity contribution in [3.8, 4) is 0 Å². The summed E-state index contributed by atoms with van der Waals surface area (Å²) in [5.74, 6) is -0.0167. The van der Waals surface area contributed by atoms with Gasteiger partial charge in [-0.25, -0.2) is 13.4 Å². The minimum Gasteiger partial charge on any atom is -0.326 e. The Bertz CT molecular complexity index is 798. The van der Waals surface area contributed by atoms with Gasteiger partial charge in [-0.3, -0.25) is 9.52 Å². The first kappa shape index (κ1) is 18.5. The van der Waals surface area contributed by atoms with Crippen molar-refractivity contribution in [2.45, 2.75) is 37.2 Å². The highest BCUT2D eigenvalue weighted by Gasteiger charge is 2.19. The lowest BCUT2D eigenvalue weighted by Crippen LogP contribution is -2.15. The number of benzene rings is 1. The summed E-state index contributed by atoms with van der Waals surface area (Å²) in [4.78, 5) is 16.8. The third kappa shape index (κ3) is 5.10. The molecule has 6 nitrogen and oxygen atoms in total. The van der Waals surface area contributed by atoms with Gasteiger partial charge < -0.3 is 4.57 Å². The van der Waals surface area contributed by atoms with Crippen LogP contribution < -0.4 is 4.72 Å². The van der Waals surface area contributed by atoms with Crippen molar-refractivity contribution in [2.75, 3.05) is 11.0 Å². The Morgan fingerprint density at radius 3 is 2.58 bits per heavy atom. The number of carbonyl (C=O) groups is 1. The molecule has 0 bridgehead atoms. The number of Topliss-reactive ketones (excluding diaryl/α,β-unsaturated/α-hetero) is 1. The van der Waals surface area contributed by atoms with Crippen LogP contribution >= 0.6 is 11.8 Å². The predicted octanol–water partition coefficient (Wildman–Crippen LogP) is 3.03. The summed E-state index contributed by atoms with van der Waals surface area (Å²) in [5, 5.41) is 0.546. The van der Waals surface area contributed by atoms with E-state index in [2.05, 4.69) is 16.6 Å². The van der Waals surface area contributed by atoms with Crippen LogP contribution in [0.4, 0.5) is 5.69 Å². The van der Waals surface area contributed by atoms with Gasteiger partial charge in [0, 0.05) is 30.2 Å². The molecule has 0 radical (unpaired) electrons. The molecule has 0 spiro atoms. The Morgan fingerprint density at radius 2 is 2.00 bits per heavy atom. The van der Waals surface area contributed by atoms with Gasteiger partial charge in [-0.05, 0) is 37.6 Å². The zero-order valence-corrected chi connectivity index (χ0v) is 15.5. The van der Waals surface area contributed by atoms with Crippen LogP contribution in [0, 0.1) is 0 Å². The van der Waals surface area contributed by atoms with E-state index in [1.165, 1.54) is 11.8 Å². The Labute approximate surface area is 146 Å². The van der Waals surface area contributed by atoms with E-state index < -0.39 is 10.0 Å². The van der Waals surface area contributed by atoms with Crippen LogP contribution in [-0.2, 0) is 16.6 Å². The molecule has 0 amide bonds. The van der Waals surface area contributed by atoms with Gasteiger partial charge in [-0.2, -0.15) is 0 Å². The average Bonchev–Trinajstić information content (AvgIpc) is 2.93. The van der Waals surface area contributed by atoms with Gasteiger partial charge in [0.15, 0.2) is 10.9 Å². The maximum absolute atomic E-state index is 12.5. The standard InChI is InChI=1S/C16H21N3O3S2/c1-4-10-19-11-9-17-16(19)23-12(2)15(20)13-5-7-14(8-6-13)18-24(3,21)22/h5-9,11-12,18H,4,10H2,1-3H3. The molecule has 24 heavy (non-hydrogen) atoms. The fourth-order valence-electron chi connectivity index (χ4n) is 2.19. The molecule has 2 aromatic rings. The molecule has 1 aromatic heterocycles. The van der Waals surface area contributed by atoms with Crippen LogP contribution in [0.2, 0.25) is 0 Å². The number of nitrogens with one attached hydrogen (secondary N) is 1. The minimum absolute atomic E-state index is 0.0167. The fourth-order valence-corrected chi connectivity index (χ4v) is 3.72. The lowest BCUT2D eigenvalue weighted by atomic mass is 10.1. The summed E-state index contributed by atoms with van der Waals surface area (Å²) in [6.45, 7) is 4.81. The van der Waals surface area contributed by atoms with Crippen molar-refractivity contribution >= 4 is 33.3 Å². The molecule has 0 fully saturated rings. The second-order valence-corrected chi connectivity index (χ2v) is 8.54. The number of ketones is 1. The molecule has 0 aliphatic rings. The molecule has 1 unspecified atom stereocenters. The van der Waals surface area contributed by atoms with E-state index in [1.54, 1.807) is 30.5 Å². The number of nitrogens with zero attached hydrogens (tertiary/aromatic N) is 2. The van der Waals surface area contributed by atoms with E-state index in [0.717, 1.165) is 24.4 Å². The predicted molar refractivity (Wildman–Crippen MR) is 97.1 cm³/mol. The van der Waals surface area contributed by atoms with Crippen molar-refractivity contribution in [2.24, 2.45) is 0 Å². The molecule has 1 aromatic carbocycles. The van der Waals surface area contributed by atoms with Gasteiger partial charge in [0.05, 0.1) is 11.5 Å². The van der Waals surface area contributed by atoms with E-state index in [4.69, 9.17) is 0 Å².